The number of hydrogen-bond donors (Lipinski definition) is 1. The van der Waals surface area contributed by atoms with Crippen LogP contribution in [0.25, 0.3) is 6.08 Å². The van der Waals surface area contributed by atoms with Crippen molar-refractivity contribution in [3.63, 3.8) is 0 Å². The van der Waals surface area contributed by atoms with Gasteiger partial charge in [0.1, 0.15) is 0 Å². The van der Waals surface area contributed by atoms with Gasteiger partial charge in [-0.25, -0.2) is 0 Å². The fraction of sp³-hybridized carbons (Fsp3) is 0.571. The van der Waals surface area contributed by atoms with Crippen molar-refractivity contribution in [2.24, 2.45) is 5.92 Å². The Bertz CT molecular complexity index is 591. The molecule has 2 fully saturated rings. The summed E-state index contributed by atoms with van der Waals surface area (Å²) >= 11 is 0. The fourth-order valence-corrected chi connectivity index (χ4v) is 3.78. The molecule has 2 atom stereocenters. The highest BCUT2D eigenvalue weighted by molar-refractivity contribution is 5.69. The normalized spacial score (nSPS) is 25.0. The Kier molecular flexibility index (Phi) is 6.27. The number of methoxy groups -OCH3 is 1. The van der Waals surface area contributed by atoms with Gasteiger partial charge in [0.2, 0.25) is 0 Å². The molecule has 0 radical (unpaired) electrons. The highest BCUT2D eigenvalue weighted by Gasteiger charge is 2.39. The Morgan fingerprint density at radius 2 is 2.00 bits per heavy atom. The van der Waals surface area contributed by atoms with E-state index in [2.05, 4.69) is 53.5 Å². The van der Waals surface area contributed by atoms with Crippen LogP contribution in [-0.4, -0.2) is 49.7 Å². The summed E-state index contributed by atoms with van der Waals surface area (Å²) in [5.41, 5.74) is 2.78. The molecule has 1 saturated heterocycles. The number of hydrogen-bond acceptors (Lipinski definition) is 4. The van der Waals surface area contributed by atoms with Crippen LogP contribution in [0.2, 0.25) is 0 Å². The molecule has 1 N–H and O–H groups in total. The van der Waals surface area contributed by atoms with Crippen molar-refractivity contribution in [2.75, 3.05) is 26.7 Å². The molecule has 1 aromatic rings. The second-order valence-corrected chi connectivity index (χ2v) is 7.36. The summed E-state index contributed by atoms with van der Waals surface area (Å²) in [6.07, 6.45) is 6.43. The lowest BCUT2D eigenvalue weighted by Gasteiger charge is -2.32. The van der Waals surface area contributed by atoms with Crippen LogP contribution in [0, 0.1) is 5.92 Å². The molecular weight excluding hydrogens is 312 g/mol. The molecule has 25 heavy (non-hydrogen) atoms. The molecule has 0 aromatic heterocycles. The standard InChI is InChI=1S/C21H30N2O2/c1-16(14-17-6-4-3-5-7-17)19-15-20(19)22-18-8-11-23(12-9-18)13-10-21(24)25-2/h3-7,14,18-20,22H,8-13,15H2,1-2H3. The quantitative estimate of drug-likeness (QED) is 0.773. The van der Waals surface area contributed by atoms with E-state index in [1.165, 1.54) is 37.5 Å². The summed E-state index contributed by atoms with van der Waals surface area (Å²) in [5, 5.41) is 3.85. The Labute approximate surface area is 151 Å². The number of ether oxygens (including phenoxy) is 1. The third kappa shape index (κ3) is 5.41. The van der Waals surface area contributed by atoms with E-state index in [-0.39, 0.29) is 5.97 Å². The third-order valence-corrected chi connectivity index (χ3v) is 5.47. The number of nitrogens with zero attached hydrogens (tertiary/aromatic N) is 1. The van der Waals surface area contributed by atoms with E-state index in [4.69, 9.17) is 4.74 Å². The number of esters is 1. The first-order valence-corrected chi connectivity index (χ1v) is 9.44. The maximum absolute atomic E-state index is 11.2. The Morgan fingerprint density at radius 1 is 1.28 bits per heavy atom. The topological polar surface area (TPSA) is 41.6 Å². The predicted molar refractivity (Wildman–Crippen MR) is 101 cm³/mol. The van der Waals surface area contributed by atoms with Crippen LogP contribution in [0.1, 0.15) is 38.2 Å². The zero-order valence-electron chi connectivity index (χ0n) is 15.4. The number of carbonyl (C=O) groups excluding carboxylic acids is 1. The van der Waals surface area contributed by atoms with Crippen molar-refractivity contribution in [3.8, 4) is 0 Å². The largest absolute Gasteiger partial charge is 0.469 e. The van der Waals surface area contributed by atoms with Gasteiger partial charge in [0, 0.05) is 18.6 Å². The summed E-state index contributed by atoms with van der Waals surface area (Å²) in [7, 11) is 1.46. The van der Waals surface area contributed by atoms with E-state index in [0.29, 0.717) is 24.4 Å². The number of carbonyl (C=O) groups is 1. The maximum atomic E-state index is 11.2. The smallest absolute Gasteiger partial charge is 0.306 e. The van der Waals surface area contributed by atoms with Gasteiger partial charge in [0.15, 0.2) is 0 Å². The van der Waals surface area contributed by atoms with Crippen molar-refractivity contribution in [3.05, 3.63) is 41.5 Å². The van der Waals surface area contributed by atoms with Crippen LogP contribution >= 0.6 is 0 Å². The molecule has 4 heteroatoms. The minimum absolute atomic E-state index is 0.109. The zero-order valence-corrected chi connectivity index (χ0v) is 15.4. The van der Waals surface area contributed by atoms with Gasteiger partial charge in [0.05, 0.1) is 13.5 Å². The molecule has 1 saturated carbocycles. The number of rotatable bonds is 7. The van der Waals surface area contributed by atoms with Gasteiger partial charge in [-0.2, -0.15) is 0 Å². The fourth-order valence-electron chi connectivity index (χ4n) is 3.78. The molecule has 0 spiro atoms. The highest BCUT2D eigenvalue weighted by Crippen LogP contribution is 2.38. The van der Waals surface area contributed by atoms with E-state index in [9.17, 15) is 4.79 Å². The van der Waals surface area contributed by atoms with E-state index in [1.807, 2.05) is 0 Å². The summed E-state index contributed by atoms with van der Waals surface area (Å²) in [5.74, 6) is 0.583. The second kappa shape index (κ2) is 8.63. The monoisotopic (exact) mass is 342 g/mol. The second-order valence-electron chi connectivity index (χ2n) is 7.36. The van der Waals surface area contributed by atoms with Gasteiger partial charge in [-0.3, -0.25) is 4.79 Å². The van der Waals surface area contributed by atoms with Crippen molar-refractivity contribution in [1.29, 1.82) is 0 Å². The summed E-state index contributed by atoms with van der Waals surface area (Å²) in [6, 6.07) is 11.8. The first-order chi connectivity index (χ1) is 12.2. The van der Waals surface area contributed by atoms with Crippen LogP contribution in [0.5, 0.6) is 0 Å². The molecule has 0 bridgehead atoms. The highest BCUT2D eigenvalue weighted by atomic mass is 16.5. The molecule has 0 amide bonds. The van der Waals surface area contributed by atoms with Gasteiger partial charge in [0.25, 0.3) is 0 Å². The van der Waals surface area contributed by atoms with E-state index in [0.717, 1.165) is 19.6 Å². The molecule has 1 aliphatic heterocycles. The average molecular weight is 342 g/mol. The molecule has 136 valence electrons. The number of likely N-dealkylation sites (tertiary alicyclic amines) is 1. The summed E-state index contributed by atoms with van der Waals surface area (Å²) in [6.45, 7) is 5.23. The molecule has 3 rings (SSSR count). The molecule has 1 heterocycles. The lowest BCUT2D eigenvalue weighted by molar-refractivity contribution is -0.141. The average Bonchev–Trinajstić information content (AvgIpc) is 3.41. The Hall–Kier alpha value is -1.65. The van der Waals surface area contributed by atoms with Crippen molar-refractivity contribution in [1.82, 2.24) is 10.2 Å². The molecule has 4 nitrogen and oxygen atoms in total. The van der Waals surface area contributed by atoms with E-state index < -0.39 is 0 Å². The van der Waals surface area contributed by atoms with E-state index in [1.54, 1.807) is 0 Å². The van der Waals surface area contributed by atoms with Gasteiger partial charge in [-0.15, -0.1) is 0 Å². The Morgan fingerprint density at radius 3 is 2.68 bits per heavy atom. The van der Waals surface area contributed by atoms with Crippen LogP contribution < -0.4 is 5.32 Å². The van der Waals surface area contributed by atoms with Crippen LogP contribution in [0.15, 0.2) is 35.9 Å². The van der Waals surface area contributed by atoms with Crippen LogP contribution in [0.4, 0.5) is 0 Å². The first kappa shape index (κ1) is 18.2. The third-order valence-electron chi connectivity index (χ3n) is 5.47. The summed E-state index contributed by atoms with van der Waals surface area (Å²) in [4.78, 5) is 13.6. The van der Waals surface area contributed by atoms with Crippen molar-refractivity contribution >= 4 is 12.0 Å². The molecular formula is C21H30N2O2. The summed E-state index contributed by atoms with van der Waals surface area (Å²) < 4.78 is 4.72. The van der Waals surface area contributed by atoms with Crippen molar-refractivity contribution in [2.45, 2.75) is 44.7 Å². The lowest BCUT2D eigenvalue weighted by atomic mass is 10.0. The number of benzene rings is 1. The molecule has 2 unspecified atom stereocenters. The molecule has 1 aromatic carbocycles. The first-order valence-electron chi connectivity index (χ1n) is 9.44. The van der Waals surface area contributed by atoms with Crippen molar-refractivity contribution < 1.29 is 9.53 Å². The van der Waals surface area contributed by atoms with Gasteiger partial charge < -0.3 is 15.0 Å². The van der Waals surface area contributed by atoms with Gasteiger partial charge in [-0.1, -0.05) is 42.0 Å². The minimum Gasteiger partial charge on any atom is -0.469 e. The number of nitrogens with one attached hydrogen (secondary N) is 1. The van der Waals surface area contributed by atoms with Crippen LogP contribution in [0.3, 0.4) is 0 Å². The van der Waals surface area contributed by atoms with Crippen LogP contribution in [-0.2, 0) is 9.53 Å². The number of piperidine rings is 1. The minimum atomic E-state index is -0.109. The maximum Gasteiger partial charge on any atom is 0.306 e. The SMILES string of the molecule is COC(=O)CCN1CCC(NC2CC2C(C)=Cc2ccccc2)CC1. The lowest BCUT2D eigenvalue weighted by Crippen LogP contribution is -2.44. The van der Waals surface area contributed by atoms with Gasteiger partial charge in [-0.05, 0) is 50.8 Å². The molecule has 1 aliphatic carbocycles. The Balaban J connectivity index is 1.38. The van der Waals surface area contributed by atoms with Gasteiger partial charge >= 0.3 is 5.97 Å². The zero-order chi connectivity index (χ0) is 17.6. The predicted octanol–water partition coefficient (Wildman–Crippen LogP) is 3.10. The van der Waals surface area contributed by atoms with E-state index >= 15 is 0 Å². The molecule has 2 aliphatic rings.